The van der Waals surface area contributed by atoms with Crippen LogP contribution >= 0.6 is 0 Å². The molecule has 0 amide bonds. The van der Waals surface area contributed by atoms with Gasteiger partial charge in [0.1, 0.15) is 11.6 Å². The fourth-order valence-corrected chi connectivity index (χ4v) is 1.86. The van der Waals surface area contributed by atoms with Crippen LogP contribution in [0.1, 0.15) is 6.92 Å². The zero-order valence-corrected chi connectivity index (χ0v) is 10.6. The van der Waals surface area contributed by atoms with Gasteiger partial charge in [0.15, 0.2) is 0 Å². The molecule has 0 saturated carbocycles. The molecule has 17 heavy (non-hydrogen) atoms. The largest absolute Gasteiger partial charge is 0.370 e. The third kappa shape index (κ3) is 3.57. The van der Waals surface area contributed by atoms with Crippen molar-refractivity contribution in [2.24, 2.45) is 0 Å². The molecular formula is C12H21N5. The second-order valence-electron chi connectivity index (χ2n) is 4.34. The van der Waals surface area contributed by atoms with E-state index in [9.17, 15) is 0 Å². The van der Waals surface area contributed by atoms with Gasteiger partial charge < -0.3 is 15.6 Å². The molecule has 1 fully saturated rings. The lowest BCUT2D eigenvalue weighted by atomic mass is 10.4. The van der Waals surface area contributed by atoms with E-state index in [1.165, 1.54) is 0 Å². The summed E-state index contributed by atoms with van der Waals surface area (Å²) in [5.41, 5.74) is 3.36. The smallest absolute Gasteiger partial charge is 0.142 e. The lowest BCUT2D eigenvalue weighted by Gasteiger charge is -2.32. The minimum atomic E-state index is 0.894. The van der Waals surface area contributed by atoms with E-state index in [2.05, 4.69) is 39.6 Å². The molecule has 1 aliphatic rings. The Morgan fingerprint density at radius 2 is 1.88 bits per heavy atom. The van der Waals surface area contributed by atoms with Crippen molar-refractivity contribution >= 4 is 11.6 Å². The van der Waals surface area contributed by atoms with Crippen LogP contribution in [-0.4, -0.2) is 54.7 Å². The number of hydrazine groups is 1. The molecule has 1 saturated heterocycles. The summed E-state index contributed by atoms with van der Waals surface area (Å²) < 4.78 is 0. The second kappa shape index (κ2) is 5.84. The first kappa shape index (κ1) is 12.1. The number of nitrogens with one attached hydrogen (secondary N) is 2. The highest BCUT2D eigenvalue weighted by Crippen LogP contribution is 2.10. The molecule has 0 aliphatic carbocycles. The number of piperazine rings is 1. The molecule has 0 aromatic carbocycles. The average Bonchev–Trinajstić information content (AvgIpc) is 2.33. The van der Waals surface area contributed by atoms with E-state index in [0.29, 0.717) is 0 Å². The SMILES string of the molecule is CCNc1cccc(NN2CCN(C)CC2)n1. The summed E-state index contributed by atoms with van der Waals surface area (Å²) in [6.07, 6.45) is 0. The molecule has 2 N–H and O–H groups in total. The van der Waals surface area contributed by atoms with Gasteiger partial charge in [-0.15, -0.1) is 0 Å². The number of pyridine rings is 1. The Morgan fingerprint density at radius 1 is 1.18 bits per heavy atom. The van der Waals surface area contributed by atoms with Gasteiger partial charge in [-0.2, -0.15) is 0 Å². The number of likely N-dealkylation sites (N-methyl/N-ethyl adjacent to an activating group) is 1. The van der Waals surface area contributed by atoms with Crippen molar-refractivity contribution in [1.29, 1.82) is 0 Å². The number of rotatable bonds is 4. The van der Waals surface area contributed by atoms with E-state index < -0.39 is 0 Å². The highest BCUT2D eigenvalue weighted by Gasteiger charge is 2.13. The number of nitrogens with zero attached hydrogens (tertiary/aromatic N) is 3. The van der Waals surface area contributed by atoms with Crippen molar-refractivity contribution < 1.29 is 0 Å². The van der Waals surface area contributed by atoms with Gasteiger partial charge in [0.05, 0.1) is 0 Å². The maximum Gasteiger partial charge on any atom is 0.142 e. The molecule has 0 unspecified atom stereocenters. The summed E-state index contributed by atoms with van der Waals surface area (Å²) in [6.45, 7) is 7.22. The molecule has 1 aromatic heterocycles. The molecule has 5 nitrogen and oxygen atoms in total. The molecule has 94 valence electrons. The van der Waals surface area contributed by atoms with Crippen LogP contribution in [0.3, 0.4) is 0 Å². The van der Waals surface area contributed by atoms with Crippen LogP contribution in [0.5, 0.6) is 0 Å². The van der Waals surface area contributed by atoms with Crippen LogP contribution in [0.25, 0.3) is 0 Å². The Balaban J connectivity index is 1.91. The standard InChI is InChI=1S/C12H21N5/c1-3-13-11-5-4-6-12(14-11)15-17-9-7-16(2)8-10-17/h4-6H,3,7-10H2,1-2H3,(H2,13,14,15). The summed E-state index contributed by atoms with van der Waals surface area (Å²) in [6, 6.07) is 6.00. The fraction of sp³-hybridized carbons (Fsp3) is 0.583. The van der Waals surface area contributed by atoms with Crippen molar-refractivity contribution in [3.8, 4) is 0 Å². The predicted molar refractivity (Wildman–Crippen MR) is 71.1 cm³/mol. The van der Waals surface area contributed by atoms with E-state index in [-0.39, 0.29) is 0 Å². The fourth-order valence-electron chi connectivity index (χ4n) is 1.86. The molecular weight excluding hydrogens is 214 g/mol. The van der Waals surface area contributed by atoms with Gasteiger partial charge >= 0.3 is 0 Å². The van der Waals surface area contributed by atoms with Crippen LogP contribution in [0, 0.1) is 0 Å². The second-order valence-corrected chi connectivity index (χ2v) is 4.34. The lowest BCUT2D eigenvalue weighted by molar-refractivity contribution is 0.178. The van der Waals surface area contributed by atoms with Crippen molar-refractivity contribution in [3.63, 3.8) is 0 Å². The zero-order chi connectivity index (χ0) is 12.1. The van der Waals surface area contributed by atoms with Gasteiger partial charge in [0, 0.05) is 32.7 Å². The summed E-state index contributed by atoms with van der Waals surface area (Å²) in [4.78, 5) is 6.83. The van der Waals surface area contributed by atoms with E-state index in [1.54, 1.807) is 0 Å². The van der Waals surface area contributed by atoms with Gasteiger partial charge in [0.25, 0.3) is 0 Å². The third-order valence-corrected chi connectivity index (χ3v) is 2.88. The minimum absolute atomic E-state index is 0.894. The van der Waals surface area contributed by atoms with Gasteiger partial charge in [-0.05, 0) is 26.1 Å². The molecule has 1 aliphatic heterocycles. The monoisotopic (exact) mass is 235 g/mol. The Hall–Kier alpha value is -1.33. The molecule has 1 aromatic rings. The Kier molecular flexibility index (Phi) is 4.17. The first-order valence-electron chi connectivity index (χ1n) is 6.19. The van der Waals surface area contributed by atoms with Crippen molar-refractivity contribution in [2.75, 3.05) is 50.5 Å². The number of hydrogen-bond acceptors (Lipinski definition) is 5. The normalized spacial score (nSPS) is 18.0. The van der Waals surface area contributed by atoms with Crippen molar-refractivity contribution in [1.82, 2.24) is 14.9 Å². The molecule has 2 heterocycles. The summed E-state index contributed by atoms with van der Waals surface area (Å²) in [5, 5.41) is 5.43. The Morgan fingerprint density at radius 3 is 2.59 bits per heavy atom. The summed E-state index contributed by atoms with van der Waals surface area (Å²) >= 11 is 0. The molecule has 0 radical (unpaired) electrons. The zero-order valence-electron chi connectivity index (χ0n) is 10.6. The summed E-state index contributed by atoms with van der Waals surface area (Å²) in [7, 11) is 2.15. The first-order chi connectivity index (χ1) is 8.28. The maximum atomic E-state index is 4.50. The van der Waals surface area contributed by atoms with Crippen LogP contribution in [0.15, 0.2) is 18.2 Å². The topological polar surface area (TPSA) is 43.4 Å². The highest BCUT2D eigenvalue weighted by atomic mass is 15.5. The van der Waals surface area contributed by atoms with Crippen LogP contribution < -0.4 is 10.7 Å². The van der Waals surface area contributed by atoms with Crippen LogP contribution in [-0.2, 0) is 0 Å². The maximum absolute atomic E-state index is 4.50. The number of hydrogen-bond donors (Lipinski definition) is 2. The van der Waals surface area contributed by atoms with Crippen LogP contribution in [0.4, 0.5) is 11.6 Å². The van der Waals surface area contributed by atoms with E-state index in [1.807, 2.05) is 18.2 Å². The Bertz CT molecular complexity index is 347. The quantitative estimate of drug-likeness (QED) is 0.818. The van der Waals surface area contributed by atoms with E-state index in [4.69, 9.17) is 0 Å². The lowest BCUT2D eigenvalue weighted by Crippen LogP contribution is -2.47. The van der Waals surface area contributed by atoms with Gasteiger partial charge in [-0.1, -0.05) is 6.07 Å². The van der Waals surface area contributed by atoms with Crippen LogP contribution in [0.2, 0.25) is 0 Å². The highest BCUT2D eigenvalue weighted by molar-refractivity contribution is 5.44. The molecule has 0 bridgehead atoms. The minimum Gasteiger partial charge on any atom is -0.370 e. The van der Waals surface area contributed by atoms with E-state index in [0.717, 1.165) is 44.4 Å². The number of anilines is 2. The molecule has 0 atom stereocenters. The average molecular weight is 235 g/mol. The van der Waals surface area contributed by atoms with Crippen molar-refractivity contribution in [3.05, 3.63) is 18.2 Å². The van der Waals surface area contributed by atoms with Gasteiger partial charge in [-0.25, -0.2) is 9.99 Å². The van der Waals surface area contributed by atoms with Crippen molar-refractivity contribution in [2.45, 2.75) is 6.92 Å². The van der Waals surface area contributed by atoms with Gasteiger partial charge in [0.2, 0.25) is 0 Å². The third-order valence-electron chi connectivity index (χ3n) is 2.88. The molecule has 0 spiro atoms. The molecule has 5 heteroatoms. The molecule has 2 rings (SSSR count). The first-order valence-corrected chi connectivity index (χ1v) is 6.19. The summed E-state index contributed by atoms with van der Waals surface area (Å²) in [5.74, 6) is 1.83. The van der Waals surface area contributed by atoms with Gasteiger partial charge in [-0.3, -0.25) is 0 Å². The number of aromatic nitrogens is 1. The van der Waals surface area contributed by atoms with E-state index >= 15 is 0 Å². The predicted octanol–water partition coefficient (Wildman–Crippen LogP) is 1.09. The Labute approximate surface area is 103 Å².